The molecule has 0 unspecified atom stereocenters. The van der Waals surface area contributed by atoms with Crippen LogP contribution in [0.3, 0.4) is 0 Å². The van der Waals surface area contributed by atoms with Crippen LogP contribution in [0.4, 0.5) is 4.39 Å². The number of halogens is 1. The van der Waals surface area contributed by atoms with Crippen molar-refractivity contribution in [2.75, 3.05) is 13.3 Å². The molecular formula is C12H21FO2. The Hall–Kier alpha value is -0.860. The van der Waals surface area contributed by atoms with Crippen molar-refractivity contribution in [1.29, 1.82) is 0 Å². The molecule has 0 saturated carbocycles. The molecule has 0 rings (SSSR count). The molecule has 88 valence electrons. The Kier molecular flexibility index (Phi) is 10.6. The predicted molar refractivity (Wildman–Crippen MR) is 59.5 cm³/mol. The van der Waals surface area contributed by atoms with E-state index in [9.17, 15) is 9.18 Å². The van der Waals surface area contributed by atoms with Crippen molar-refractivity contribution in [1.82, 2.24) is 0 Å². The third-order valence-electron chi connectivity index (χ3n) is 2.19. The van der Waals surface area contributed by atoms with Gasteiger partial charge in [0.05, 0.1) is 13.3 Å². The molecule has 0 atom stereocenters. The lowest BCUT2D eigenvalue weighted by molar-refractivity contribution is -0.137. The first-order valence-corrected chi connectivity index (χ1v) is 5.66. The molecule has 0 heterocycles. The first-order chi connectivity index (χ1) is 7.31. The maximum Gasteiger partial charge on any atom is 0.330 e. The van der Waals surface area contributed by atoms with E-state index in [-0.39, 0.29) is 12.6 Å². The maximum absolute atomic E-state index is 11.7. The number of rotatable bonds is 10. The van der Waals surface area contributed by atoms with Crippen molar-refractivity contribution in [3.8, 4) is 0 Å². The lowest BCUT2D eigenvalue weighted by atomic mass is 10.1. The van der Waals surface area contributed by atoms with Gasteiger partial charge in [-0.2, -0.15) is 0 Å². The molecule has 0 aliphatic carbocycles. The van der Waals surface area contributed by atoms with E-state index in [1.165, 1.54) is 6.08 Å². The summed E-state index contributed by atoms with van der Waals surface area (Å²) in [4.78, 5) is 10.6. The largest absolute Gasteiger partial charge is 0.463 e. The quantitative estimate of drug-likeness (QED) is 0.318. The Labute approximate surface area is 91.5 Å². The highest BCUT2D eigenvalue weighted by molar-refractivity contribution is 5.81. The summed E-state index contributed by atoms with van der Waals surface area (Å²) in [7, 11) is 0. The van der Waals surface area contributed by atoms with Crippen molar-refractivity contribution < 1.29 is 13.9 Å². The van der Waals surface area contributed by atoms with E-state index >= 15 is 0 Å². The Morgan fingerprint density at radius 2 is 1.60 bits per heavy atom. The number of carbonyl (C=O) groups excluding carboxylic acids is 1. The monoisotopic (exact) mass is 216 g/mol. The highest BCUT2D eigenvalue weighted by Gasteiger charge is 1.95. The first-order valence-electron chi connectivity index (χ1n) is 5.66. The number of hydrogen-bond donors (Lipinski definition) is 0. The van der Waals surface area contributed by atoms with E-state index in [1.54, 1.807) is 0 Å². The van der Waals surface area contributed by atoms with Gasteiger partial charge in [0.1, 0.15) is 0 Å². The van der Waals surface area contributed by atoms with Crippen LogP contribution in [0.5, 0.6) is 0 Å². The molecule has 0 fully saturated rings. The molecule has 0 bridgehead atoms. The molecule has 0 aliphatic heterocycles. The number of carbonyl (C=O) groups is 1. The van der Waals surface area contributed by atoms with Gasteiger partial charge >= 0.3 is 5.97 Å². The van der Waals surface area contributed by atoms with Crippen molar-refractivity contribution in [3.05, 3.63) is 12.7 Å². The second kappa shape index (κ2) is 11.2. The molecule has 0 aromatic rings. The van der Waals surface area contributed by atoms with Gasteiger partial charge in [0.2, 0.25) is 0 Å². The lowest BCUT2D eigenvalue weighted by Gasteiger charge is -2.02. The van der Waals surface area contributed by atoms with Gasteiger partial charge in [-0.1, -0.05) is 38.7 Å². The first kappa shape index (κ1) is 14.1. The number of unbranched alkanes of at least 4 members (excludes halogenated alkanes) is 6. The van der Waals surface area contributed by atoms with E-state index in [4.69, 9.17) is 4.74 Å². The summed E-state index contributed by atoms with van der Waals surface area (Å²) in [5.74, 6) is -0.349. The summed E-state index contributed by atoms with van der Waals surface area (Å²) in [6, 6.07) is 0. The van der Waals surface area contributed by atoms with E-state index in [1.807, 2.05) is 0 Å². The maximum atomic E-state index is 11.7. The molecule has 0 N–H and O–H groups in total. The second-order valence-corrected chi connectivity index (χ2v) is 3.54. The number of alkyl halides is 1. The van der Waals surface area contributed by atoms with Gasteiger partial charge < -0.3 is 4.74 Å². The standard InChI is InChI=1S/C12H21FO2/c1-2-12(14)15-11-9-7-5-3-4-6-8-10-13/h2H,1,3-11H2. The number of hydrogen-bond acceptors (Lipinski definition) is 2. The zero-order valence-electron chi connectivity index (χ0n) is 9.34. The molecule has 0 aromatic heterocycles. The van der Waals surface area contributed by atoms with E-state index < -0.39 is 0 Å². The fourth-order valence-corrected chi connectivity index (χ4v) is 1.31. The topological polar surface area (TPSA) is 26.3 Å². The van der Waals surface area contributed by atoms with Crippen molar-refractivity contribution in [2.24, 2.45) is 0 Å². The highest BCUT2D eigenvalue weighted by Crippen LogP contribution is 2.07. The Bertz CT molecular complexity index is 169. The van der Waals surface area contributed by atoms with Crippen LogP contribution < -0.4 is 0 Å². The van der Waals surface area contributed by atoms with Crippen LogP contribution in [-0.2, 0) is 9.53 Å². The molecule has 0 aromatic carbocycles. The van der Waals surface area contributed by atoms with Gasteiger partial charge in [-0.05, 0) is 12.8 Å². The van der Waals surface area contributed by atoms with Crippen molar-refractivity contribution in [3.63, 3.8) is 0 Å². The fraction of sp³-hybridized carbons (Fsp3) is 0.750. The predicted octanol–water partition coefficient (Wildman–Crippen LogP) is 3.42. The van der Waals surface area contributed by atoms with Crippen molar-refractivity contribution in [2.45, 2.75) is 44.9 Å². The van der Waals surface area contributed by atoms with Gasteiger partial charge in [0, 0.05) is 6.08 Å². The van der Waals surface area contributed by atoms with Crippen LogP contribution in [0.1, 0.15) is 44.9 Å². The average Bonchev–Trinajstić information content (AvgIpc) is 2.26. The zero-order chi connectivity index (χ0) is 11.4. The summed E-state index contributed by atoms with van der Waals surface area (Å²) < 4.78 is 16.6. The minimum atomic E-state index is -0.349. The van der Waals surface area contributed by atoms with Gasteiger partial charge in [-0.25, -0.2) is 4.79 Å². The van der Waals surface area contributed by atoms with E-state index in [2.05, 4.69) is 6.58 Å². The number of ether oxygens (including phenoxy) is 1. The summed E-state index contributed by atoms with van der Waals surface area (Å²) in [5.41, 5.74) is 0. The average molecular weight is 216 g/mol. The molecule has 15 heavy (non-hydrogen) atoms. The van der Waals surface area contributed by atoms with Crippen LogP contribution >= 0.6 is 0 Å². The van der Waals surface area contributed by atoms with Crippen LogP contribution in [0.15, 0.2) is 12.7 Å². The number of esters is 1. The van der Waals surface area contributed by atoms with Crippen LogP contribution in [0.25, 0.3) is 0 Å². The molecule has 2 nitrogen and oxygen atoms in total. The third kappa shape index (κ3) is 11.1. The second-order valence-electron chi connectivity index (χ2n) is 3.54. The summed E-state index contributed by atoms with van der Waals surface area (Å²) >= 11 is 0. The van der Waals surface area contributed by atoms with Gasteiger partial charge in [0.15, 0.2) is 0 Å². The minimum Gasteiger partial charge on any atom is -0.463 e. The SMILES string of the molecule is C=CC(=O)OCCCCCCCCCF. The fourth-order valence-electron chi connectivity index (χ4n) is 1.31. The normalized spacial score (nSPS) is 9.93. The van der Waals surface area contributed by atoms with Gasteiger partial charge in [-0.3, -0.25) is 4.39 Å². The lowest BCUT2D eigenvalue weighted by Crippen LogP contribution is -2.01. The van der Waals surface area contributed by atoms with Gasteiger partial charge in [0.25, 0.3) is 0 Å². The third-order valence-corrected chi connectivity index (χ3v) is 2.19. The minimum absolute atomic E-state index is 0.197. The molecule has 0 aliphatic rings. The molecule has 0 radical (unpaired) electrons. The molecule has 0 spiro atoms. The highest BCUT2D eigenvalue weighted by atomic mass is 19.1. The van der Waals surface area contributed by atoms with Crippen LogP contribution in [0.2, 0.25) is 0 Å². The molecule has 0 amide bonds. The van der Waals surface area contributed by atoms with Crippen LogP contribution in [-0.4, -0.2) is 19.3 Å². The van der Waals surface area contributed by atoms with E-state index in [0.717, 1.165) is 38.5 Å². The Morgan fingerprint density at radius 1 is 1.07 bits per heavy atom. The molecular weight excluding hydrogens is 195 g/mol. The Balaban J connectivity index is 2.98. The zero-order valence-corrected chi connectivity index (χ0v) is 9.34. The smallest absolute Gasteiger partial charge is 0.330 e. The molecule has 3 heteroatoms. The summed E-state index contributed by atoms with van der Waals surface area (Å²) in [6.45, 7) is 3.60. The van der Waals surface area contributed by atoms with Crippen LogP contribution in [0, 0.1) is 0 Å². The Morgan fingerprint density at radius 3 is 2.13 bits per heavy atom. The molecule has 0 saturated heterocycles. The van der Waals surface area contributed by atoms with Gasteiger partial charge in [-0.15, -0.1) is 0 Å². The van der Waals surface area contributed by atoms with E-state index in [0.29, 0.717) is 13.0 Å². The van der Waals surface area contributed by atoms with Crippen molar-refractivity contribution >= 4 is 5.97 Å². The summed E-state index contributed by atoms with van der Waals surface area (Å²) in [6.07, 6.45) is 8.22. The summed E-state index contributed by atoms with van der Waals surface area (Å²) in [5, 5.41) is 0.